The molecule has 0 unspecified atom stereocenters. The average molecular weight is 327 g/mol. The molecule has 2 aromatic rings. The summed E-state index contributed by atoms with van der Waals surface area (Å²) in [7, 11) is 0. The predicted molar refractivity (Wildman–Crippen MR) is 96.9 cm³/mol. The van der Waals surface area contributed by atoms with Crippen molar-refractivity contribution in [1.82, 2.24) is 9.88 Å². The third kappa shape index (κ3) is 2.94. The molecule has 0 saturated carbocycles. The molecule has 2 fully saturated rings. The van der Waals surface area contributed by atoms with E-state index >= 15 is 0 Å². The third-order valence-electron chi connectivity index (χ3n) is 5.46. The first-order valence-corrected chi connectivity index (χ1v) is 8.92. The lowest BCUT2D eigenvalue weighted by Crippen LogP contribution is -2.49. The number of piperidine rings is 1. The molecule has 0 atom stereocenters. The number of H-pyrrole nitrogens is 1. The first-order valence-electron chi connectivity index (χ1n) is 8.92. The Bertz CT molecular complexity index is 772. The van der Waals surface area contributed by atoms with E-state index in [4.69, 9.17) is 4.74 Å². The summed E-state index contributed by atoms with van der Waals surface area (Å²) in [6.07, 6.45) is 2.29. The summed E-state index contributed by atoms with van der Waals surface area (Å²) in [4.78, 5) is 20.4. The molecule has 1 aromatic heterocycles. The zero-order valence-electron chi connectivity index (χ0n) is 14.3. The maximum atomic E-state index is 12.4. The number of nitrogens with zero attached hydrogens (tertiary/aromatic N) is 2. The zero-order valence-corrected chi connectivity index (χ0v) is 14.3. The Morgan fingerprint density at radius 1 is 1.08 bits per heavy atom. The molecule has 0 radical (unpaired) electrons. The predicted octanol–water partition coefficient (Wildman–Crippen LogP) is 2.14. The monoisotopic (exact) mass is 327 g/mol. The molecule has 2 saturated heterocycles. The van der Waals surface area contributed by atoms with Crippen LogP contribution in [0, 0.1) is 6.92 Å². The minimum atomic E-state index is 0.0153. The van der Waals surface area contributed by atoms with Crippen LogP contribution in [0.2, 0.25) is 0 Å². The van der Waals surface area contributed by atoms with Gasteiger partial charge in [-0.25, -0.2) is 0 Å². The van der Waals surface area contributed by atoms with Gasteiger partial charge in [0.1, 0.15) is 5.82 Å². The van der Waals surface area contributed by atoms with E-state index in [0.29, 0.717) is 6.04 Å². The number of aromatic nitrogens is 1. The SMILES string of the molecule is Cc1cccc2c(=O)[nH]c(N3CCC(N4CCOCC4)CC3)cc12. The number of aromatic amines is 1. The van der Waals surface area contributed by atoms with Crippen LogP contribution in [-0.2, 0) is 4.74 Å². The number of pyridine rings is 1. The first-order chi connectivity index (χ1) is 11.7. The van der Waals surface area contributed by atoms with Crippen molar-refractivity contribution in [3.05, 3.63) is 40.2 Å². The smallest absolute Gasteiger partial charge is 0.257 e. The Hall–Kier alpha value is -1.85. The molecule has 0 aliphatic carbocycles. The summed E-state index contributed by atoms with van der Waals surface area (Å²) in [5.41, 5.74) is 1.17. The summed E-state index contributed by atoms with van der Waals surface area (Å²) >= 11 is 0. The minimum Gasteiger partial charge on any atom is -0.379 e. The van der Waals surface area contributed by atoms with Crippen LogP contribution in [0.4, 0.5) is 5.82 Å². The number of hydrogen-bond acceptors (Lipinski definition) is 4. The van der Waals surface area contributed by atoms with E-state index in [1.807, 2.05) is 12.1 Å². The third-order valence-corrected chi connectivity index (χ3v) is 5.46. The van der Waals surface area contributed by atoms with Gasteiger partial charge in [0, 0.05) is 37.6 Å². The van der Waals surface area contributed by atoms with Gasteiger partial charge in [0.2, 0.25) is 0 Å². The van der Waals surface area contributed by atoms with Crippen LogP contribution in [0.3, 0.4) is 0 Å². The van der Waals surface area contributed by atoms with Gasteiger partial charge in [0.25, 0.3) is 5.56 Å². The number of aryl methyl sites for hydroxylation is 1. The van der Waals surface area contributed by atoms with Crippen LogP contribution in [0.25, 0.3) is 10.8 Å². The molecule has 5 heteroatoms. The van der Waals surface area contributed by atoms with Crippen LogP contribution in [0.15, 0.2) is 29.1 Å². The fourth-order valence-electron chi connectivity index (χ4n) is 4.01. The standard InChI is InChI=1S/C19H25N3O2/c1-14-3-2-4-16-17(14)13-18(20-19(16)23)22-7-5-15(6-8-22)21-9-11-24-12-10-21/h2-4,13,15H,5-12H2,1H3,(H,20,23). The van der Waals surface area contributed by atoms with E-state index in [1.165, 1.54) is 0 Å². The molecule has 1 aromatic carbocycles. The lowest BCUT2D eigenvalue weighted by Gasteiger charge is -2.40. The summed E-state index contributed by atoms with van der Waals surface area (Å²) in [5, 5.41) is 1.84. The minimum absolute atomic E-state index is 0.0153. The van der Waals surface area contributed by atoms with Gasteiger partial charge in [0.05, 0.1) is 13.2 Å². The second-order valence-electron chi connectivity index (χ2n) is 6.89. The van der Waals surface area contributed by atoms with Gasteiger partial charge in [-0.05, 0) is 42.8 Å². The van der Waals surface area contributed by atoms with Gasteiger partial charge in [0.15, 0.2) is 0 Å². The highest BCUT2D eigenvalue weighted by Crippen LogP contribution is 2.24. The lowest BCUT2D eigenvalue weighted by molar-refractivity contribution is 0.0115. The molecular weight excluding hydrogens is 302 g/mol. The molecular formula is C19H25N3O2. The second kappa shape index (κ2) is 6.57. The zero-order chi connectivity index (χ0) is 16.5. The van der Waals surface area contributed by atoms with E-state index in [9.17, 15) is 4.79 Å². The van der Waals surface area contributed by atoms with Gasteiger partial charge in [-0.1, -0.05) is 12.1 Å². The number of anilines is 1. The molecule has 0 amide bonds. The Balaban J connectivity index is 1.52. The Kier molecular flexibility index (Phi) is 4.29. The highest BCUT2D eigenvalue weighted by Gasteiger charge is 2.26. The number of nitrogens with one attached hydrogen (secondary N) is 1. The molecule has 0 spiro atoms. The highest BCUT2D eigenvalue weighted by molar-refractivity contribution is 5.86. The van der Waals surface area contributed by atoms with E-state index in [0.717, 1.165) is 74.4 Å². The van der Waals surface area contributed by atoms with Crippen molar-refractivity contribution in [2.75, 3.05) is 44.3 Å². The van der Waals surface area contributed by atoms with Crippen molar-refractivity contribution >= 4 is 16.6 Å². The molecule has 128 valence electrons. The lowest BCUT2D eigenvalue weighted by atomic mass is 10.0. The van der Waals surface area contributed by atoms with Crippen molar-refractivity contribution in [2.45, 2.75) is 25.8 Å². The summed E-state index contributed by atoms with van der Waals surface area (Å²) < 4.78 is 5.45. The van der Waals surface area contributed by atoms with Crippen molar-refractivity contribution in [2.24, 2.45) is 0 Å². The number of fused-ring (bicyclic) bond motifs is 1. The van der Waals surface area contributed by atoms with E-state index in [2.05, 4.69) is 33.8 Å². The number of hydrogen-bond donors (Lipinski definition) is 1. The van der Waals surface area contributed by atoms with Gasteiger partial charge < -0.3 is 14.6 Å². The number of rotatable bonds is 2. The first kappa shape index (κ1) is 15.7. The molecule has 1 N–H and O–H groups in total. The Labute approximate surface area is 142 Å². The topological polar surface area (TPSA) is 48.6 Å². The van der Waals surface area contributed by atoms with Gasteiger partial charge in [-0.15, -0.1) is 0 Å². The molecule has 2 aliphatic heterocycles. The maximum absolute atomic E-state index is 12.4. The Morgan fingerprint density at radius 2 is 1.83 bits per heavy atom. The van der Waals surface area contributed by atoms with Crippen molar-refractivity contribution in [3.63, 3.8) is 0 Å². The molecule has 24 heavy (non-hydrogen) atoms. The normalized spacial score (nSPS) is 20.6. The molecule has 5 nitrogen and oxygen atoms in total. The summed E-state index contributed by atoms with van der Waals surface area (Å²) in [6, 6.07) is 8.70. The van der Waals surface area contributed by atoms with Crippen molar-refractivity contribution in [1.29, 1.82) is 0 Å². The molecule has 2 aliphatic rings. The van der Waals surface area contributed by atoms with Crippen LogP contribution >= 0.6 is 0 Å². The largest absolute Gasteiger partial charge is 0.379 e. The summed E-state index contributed by atoms with van der Waals surface area (Å²) in [5.74, 6) is 0.960. The van der Waals surface area contributed by atoms with Gasteiger partial charge in [-0.2, -0.15) is 0 Å². The fourth-order valence-corrected chi connectivity index (χ4v) is 4.01. The van der Waals surface area contributed by atoms with Gasteiger partial charge in [-0.3, -0.25) is 9.69 Å². The second-order valence-corrected chi connectivity index (χ2v) is 6.89. The quantitative estimate of drug-likeness (QED) is 0.918. The number of morpholine rings is 1. The fraction of sp³-hybridized carbons (Fsp3) is 0.526. The number of ether oxygens (including phenoxy) is 1. The molecule has 0 bridgehead atoms. The van der Waals surface area contributed by atoms with E-state index in [1.54, 1.807) is 0 Å². The number of benzene rings is 1. The van der Waals surface area contributed by atoms with Crippen molar-refractivity contribution in [3.8, 4) is 0 Å². The Morgan fingerprint density at radius 3 is 2.58 bits per heavy atom. The maximum Gasteiger partial charge on any atom is 0.257 e. The van der Waals surface area contributed by atoms with Crippen molar-refractivity contribution < 1.29 is 4.74 Å². The molecule has 4 rings (SSSR count). The van der Waals surface area contributed by atoms with Crippen LogP contribution < -0.4 is 10.5 Å². The highest BCUT2D eigenvalue weighted by atomic mass is 16.5. The summed E-state index contributed by atoms with van der Waals surface area (Å²) in [6.45, 7) is 7.88. The van der Waals surface area contributed by atoms with Crippen LogP contribution in [0.5, 0.6) is 0 Å². The van der Waals surface area contributed by atoms with Crippen LogP contribution in [-0.4, -0.2) is 55.3 Å². The molecule has 3 heterocycles. The van der Waals surface area contributed by atoms with Crippen LogP contribution in [0.1, 0.15) is 18.4 Å². The van der Waals surface area contributed by atoms with Gasteiger partial charge >= 0.3 is 0 Å². The van der Waals surface area contributed by atoms with E-state index < -0.39 is 0 Å². The van der Waals surface area contributed by atoms with E-state index in [-0.39, 0.29) is 5.56 Å². The average Bonchev–Trinajstić information content (AvgIpc) is 2.63.